The number of aliphatic hydroxyl groups is 2. The second-order valence-electron chi connectivity index (χ2n) is 13.6. The maximum atomic E-state index is 12.0. The van der Waals surface area contributed by atoms with E-state index in [0.717, 1.165) is 44.9 Å². The first-order valence-electron chi connectivity index (χ1n) is 14.2. The van der Waals surface area contributed by atoms with Crippen molar-refractivity contribution >= 4 is 5.97 Å². The van der Waals surface area contributed by atoms with Gasteiger partial charge in [-0.3, -0.25) is 0 Å². The molecule has 1 aliphatic carbocycles. The van der Waals surface area contributed by atoms with E-state index in [0.29, 0.717) is 36.9 Å². The quantitative estimate of drug-likeness (QED) is 0.307. The minimum atomic E-state index is -1.32. The van der Waals surface area contributed by atoms with E-state index < -0.39 is 34.8 Å². The fraction of sp³-hybridized carbons (Fsp3) is 0.833. The Morgan fingerprint density at radius 2 is 1.78 bits per heavy atom. The van der Waals surface area contributed by atoms with E-state index >= 15 is 0 Å². The normalized spacial score (nSPS) is 46.0. The molecule has 2 unspecified atom stereocenters. The molecule has 6 rings (SSSR count). The number of rotatable bonds is 5. The zero-order valence-electron chi connectivity index (χ0n) is 23.3. The van der Waals surface area contributed by atoms with Crippen LogP contribution in [0.3, 0.4) is 0 Å². The summed E-state index contributed by atoms with van der Waals surface area (Å²) >= 11 is 0. The Hall–Kier alpha value is -1.25. The molecule has 0 aromatic carbocycles. The molecule has 7 heteroatoms. The average molecular weight is 519 g/mol. The van der Waals surface area contributed by atoms with Crippen LogP contribution in [0.25, 0.3) is 0 Å². The Morgan fingerprint density at radius 3 is 2.41 bits per heavy atom. The highest BCUT2D eigenvalue weighted by atomic mass is 16.8. The number of aliphatic hydroxyl groups excluding tert-OH is 1. The summed E-state index contributed by atoms with van der Waals surface area (Å²) in [4.78, 5) is 12.0. The van der Waals surface area contributed by atoms with Crippen molar-refractivity contribution in [3.05, 3.63) is 23.8 Å². The molecule has 0 aromatic heterocycles. The lowest BCUT2D eigenvalue weighted by Gasteiger charge is -2.66. The lowest BCUT2D eigenvalue weighted by atomic mass is 9.58. The van der Waals surface area contributed by atoms with Crippen molar-refractivity contribution in [2.45, 2.75) is 121 Å². The first kappa shape index (κ1) is 27.3. The fourth-order valence-electron chi connectivity index (χ4n) is 7.82. The predicted molar refractivity (Wildman–Crippen MR) is 138 cm³/mol. The van der Waals surface area contributed by atoms with Gasteiger partial charge in [-0.25, -0.2) is 4.79 Å². The zero-order valence-corrected chi connectivity index (χ0v) is 23.3. The molecule has 6 fully saturated rings. The second kappa shape index (κ2) is 9.16. The highest BCUT2D eigenvalue weighted by molar-refractivity contribution is 5.91. The Balaban J connectivity index is 1.19. The number of carbonyl (C=O) groups is 1. The van der Waals surface area contributed by atoms with Gasteiger partial charge in [-0.05, 0) is 88.9 Å². The van der Waals surface area contributed by atoms with E-state index in [1.807, 2.05) is 19.9 Å². The standard InChI is InChI=1S/C30H46O7/c1-19-7-9-21(26(2,3)23(19)12-11-22-24(31)18-34-25(22)32)10-8-20-13-14-30(35-17-20)28(6)15-16-29(33,37-30)27(4,5)36-28/h11,20-21,23-24,31,33H,1,7-10,12-18H2,2-6H3/b22-11-/t20-,21-,23-,24+,28?,29?,30-/m0/s1. The van der Waals surface area contributed by atoms with Crippen molar-refractivity contribution < 1.29 is 34.0 Å². The monoisotopic (exact) mass is 518 g/mol. The second-order valence-corrected chi connectivity index (χ2v) is 13.6. The molecule has 5 heterocycles. The van der Waals surface area contributed by atoms with E-state index in [1.165, 1.54) is 5.57 Å². The van der Waals surface area contributed by atoms with Crippen LogP contribution in [0.2, 0.25) is 0 Å². The van der Waals surface area contributed by atoms with Gasteiger partial charge in [0, 0.05) is 12.8 Å². The molecule has 2 N–H and O–H groups in total. The number of ether oxygens (including phenoxy) is 4. The molecule has 5 aliphatic heterocycles. The third kappa shape index (κ3) is 4.43. The highest BCUT2D eigenvalue weighted by Crippen LogP contribution is 2.59. The third-order valence-electron chi connectivity index (χ3n) is 10.7. The topological polar surface area (TPSA) is 94.5 Å². The molecule has 0 aromatic rings. The lowest BCUT2D eigenvalue weighted by Crippen LogP contribution is -2.78. The number of fused-ring (bicyclic) bond motifs is 2. The number of carbonyl (C=O) groups excluding carboxylic acids is 1. The summed E-state index contributed by atoms with van der Waals surface area (Å²) in [7, 11) is 0. The summed E-state index contributed by atoms with van der Waals surface area (Å²) in [6.45, 7) is 15.6. The van der Waals surface area contributed by atoms with E-state index in [1.54, 1.807) is 0 Å². The predicted octanol–water partition coefficient (Wildman–Crippen LogP) is 4.80. The maximum absolute atomic E-state index is 12.0. The van der Waals surface area contributed by atoms with Gasteiger partial charge >= 0.3 is 5.97 Å². The molecule has 208 valence electrons. The fourth-order valence-corrected chi connectivity index (χ4v) is 7.82. The molecule has 1 saturated carbocycles. The van der Waals surface area contributed by atoms with Gasteiger partial charge in [-0.1, -0.05) is 32.1 Å². The largest absolute Gasteiger partial charge is 0.459 e. The molecular weight excluding hydrogens is 472 g/mol. The van der Waals surface area contributed by atoms with E-state index in [-0.39, 0.29) is 17.9 Å². The molecule has 0 amide bonds. The number of cyclic esters (lactones) is 1. The minimum absolute atomic E-state index is 0.0401. The highest BCUT2D eigenvalue weighted by Gasteiger charge is 2.71. The number of hydrogen-bond donors (Lipinski definition) is 2. The van der Waals surface area contributed by atoms with Gasteiger partial charge in [0.25, 0.3) is 0 Å². The minimum Gasteiger partial charge on any atom is -0.459 e. The molecule has 6 aliphatic rings. The van der Waals surface area contributed by atoms with Gasteiger partial charge in [-0.15, -0.1) is 0 Å². The van der Waals surface area contributed by atoms with E-state index in [4.69, 9.17) is 18.9 Å². The summed E-state index contributed by atoms with van der Waals surface area (Å²) in [5.74, 6) is -1.34. The molecule has 37 heavy (non-hydrogen) atoms. The van der Waals surface area contributed by atoms with Crippen LogP contribution in [0.4, 0.5) is 0 Å². The van der Waals surface area contributed by atoms with Crippen LogP contribution in [0, 0.1) is 23.2 Å². The summed E-state index contributed by atoms with van der Waals surface area (Å²) < 4.78 is 24.2. The number of hydrogen-bond acceptors (Lipinski definition) is 7. The van der Waals surface area contributed by atoms with Gasteiger partial charge in [0.2, 0.25) is 5.79 Å². The summed E-state index contributed by atoms with van der Waals surface area (Å²) in [5, 5.41) is 21.3. The molecule has 1 spiro atoms. The van der Waals surface area contributed by atoms with Crippen LogP contribution in [0.5, 0.6) is 0 Å². The summed E-state index contributed by atoms with van der Waals surface area (Å²) in [5.41, 5.74) is 0.353. The van der Waals surface area contributed by atoms with Gasteiger partial charge < -0.3 is 29.2 Å². The first-order valence-corrected chi connectivity index (χ1v) is 14.2. The molecule has 5 saturated heterocycles. The number of esters is 1. The van der Waals surface area contributed by atoms with Gasteiger partial charge in [-0.2, -0.15) is 0 Å². The van der Waals surface area contributed by atoms with E-state index in [9.17, 15) is 15.0 Å². The Labute approximate surface area is 221 Å². The molecule has 2 bridgehead atoms. The molecular formula is C30H46O7. The smallest absolute Gasteiger partial charge is 0.336 e. The van der Waals surface area contributed by atoms with Crippen LogP contribution in [-0.2, 0) is 23.7 Å². The first-order chi connectivity index (χ1) is 17.2. The van der Waals surface area contributed by atoms with Gasteiger partial charge in [0.15, 0.2) is 5.79 Å². The SMILES string of the molecule is C=C1CC[C@@H](CC[C@H]2CC[C@]3(OC2)OC2(O)CCC3(C)OC2(C)C)C(C)(C)[C@H]1C/C=C1\C(=O)OC[C@H]1O. The maximum Gasteiger partial charge on any atom is 0.336 e. The average Bonchev–Trinajstić information content (AvgIpc) is 3.13. The Bertz CT molecular complexity index is 959. The van der Waals surface area contributed by atoms with Gasteiger partial charge in [0.05, 0.1) is 12.2 Å². The van der Waals surface area contributed by atoms with Crippen LogP contribution < -0.4 is 0 Å². The summed E-state index contributed by atoms with van der Waals surface area (Å²) in [6, 6.07) is 0. The van der Waals surface area contributed by atoms with Crippen molar-refractivity contribution in [2.24, 2.45) is 23.2 Å². The third-order valence-corrected chi connectivity index (χ3v) is 10.7. The molecule has 7 atom stereocenters. The zero-order chi connectivity index (χ0) is 26.9. The molecule has 7 nitrogen and oxygen atoms in total. The van der Waals surface area contributed by atoms with Crippen LogP contribution >= 0.6 is 0 Å². The van der Waals surface area contributed by atoms with Crippen LogP contribution in [0.15, 0.2) is 23.8 Å². The van der Waals surface area contributed by atoms with Crippen molar-refractivity contribution in [1.82, 2.24) is 0 Å². The molecule has 0 radical (unpaired) electrons. The van der Waals surface area contributed by atoms with Gasteiger partial charge in [0.1, 0.15) is 23.9 Å². The summed E-state index contributed by atoms with van der Waals surface area (Å²) in [6.07, 6.45) is 9.09. The van der Waals surface area contributed by atoms with E-state index in [2.05, 4.69) is 27.4 Å². The van der Waals surface area contributed by atoms with Crippen molar-refractivity contribution in [1.29, 1.82) is 0 Å². The Morgan fingerprint density at radius 1 is 1.03 bits per heavy atom. The Kier molecular flexibility index (Phi) is 6.76. The lowest BCUT2D eigenvalue weighted by molar-refractivity contribution is -0.522. The van der Waals surface area contributed by atoms with Crippen molar-refractivity contribution in [2.75, 3.05) is 13.2 Å². The van der Waals surface area contributed by atoms with Crippen LogP contribution in [0.1, 0.15) is 92.4 Å². The van der Waals surface area contributed by atoms with Crippen molar-refractivity contribution in [3.8, 4) is 0 Å². The number of allylic oxidation sites excluding steroid dienone is 2. The van der Waals surface area contributed by atoms with Crippen LogP contribution in [-0.4, -0.2) is 58.3 Å². The van der Waals surface area contributed by atoms with Crippen molar-refractivity contribution in [3.63, 3.8) is 0 Å².